The van der Waals surface area contributed by atoms with Crippen LogP contribution < -0.4 is 10.6 Å². The van der Waals surface area contributed by atoms with Crippen LogP contribution in [0.1, 0.15) is 51.4 Å². The van der Waals surface area contributed by atoms with Crippen molar-refractivity contribution >= 4 is 11.8 Å². The SMILES string of the molecule is CSC1CCC(C2CCCC(NCC3CCOC3)N2)CC1. The molecule has 0 aromatic heterocycles. The lowest BCUT2D eigenvalue weighted by atomic mass is 9.80. The fourth-order valence-electron chi connectivity index (χ4n) is 4.28. The summed E-state index contributed by atoms with van der Waals surface area (Å²) in [4.78, 5) is 0. The van der Waals surface area contributed by atoms with Gasteiger partial charge in [-0.1, -0.05) is 0 Å². The lowest BCUT2D eigenvalue weighted by molar-refractivity contribution is 0.173. The topological polar surface area (TPSA) is 33.3 Å². The molecule has 3 nitrogen and oxygen atoms in total. The van der Waals surface area contributed by atoms with E-state index in [1.807, 2.05) is 0 Å². The Balaban J connectivity index is 1.40. The minimum Gasteiger partial charge on any atom is -0.381 e. The highest BCUT2D eigenvalue weighted by Gasteiger charge is 2.31. The van der Waals surface area contributed by atoms with E-state index in [4.69, 9.17) is 4.74 Å². The molecule has 122 valence electrons. The fraction of sp³-hybridized carbons (Fsp3) is 1.00. The summed E-state index contributed by atoms with van der Waals surface area (Å²) in [7, 11) is 0. The molecule has 0 aromatic carbocycles. The Bertz CT molecular complexity index is 301. The lowest BCUT2D eigenvalue weighted by Gasteiger charge is -2.39. The van der Waals surface area contributed by atoms with Gasteiger partial charge in [0.1, 0.15) is 0 Å². The molecule has 2 saturated heterocycles. The number of nitrogens with one attached hydrogen (secondary N) is 2. The summed E-state index contributed by atoms with van der Waals surface area (Å²) in [5.41, 5.74) is 0. The van der Waals surface area contributed by atoms with Crippen LogP contribution in [0.4, 0.5) is 0 Å². The van der Waals surface area contributed by atoms with Crippen molar-refractivity contribution in [3.8, 4) is 0 Å². The standard InChI is InChI=1S/C17H32N2OS/c1-21-15-7-5-14(6-8-15)16-3-2-4-17(19-16)18-11-13-9-10-20-12-13/h13-19H,2-12H2,1H3. The zero-order valence-corrected chi connectivity index (χ0v) is 14.3. The van der Waals surface area contributed by atoms with Gasteiger partial charge in [-0.3, -0.25) is 5.32 Å². The number of thioether (sulfide) groups is 1. The summed E-state index contributed by atoms with van der Waals surface area (Å²) in [5, 5.41) is 8.61. The quantitative estimate of drug-likeness (QED) is 0.817. The number of hydrogen-bond acceptors (Lipinski definition) is 4. The first-order valence-corrected chi connectivity index (χ1v) is 10.2. The number of rotatable bonds is 5. The second-order valence-electron chi connectivity index (χ2n) is 7.17. The van der Waals surface area contributed by atoms with E-state index in [1.165, 1.54) is 51.4 Å². The zero-order chi connectivity index (χ0) is 14.5. The molecule has 1 aliphatic carbocycles. The van der Waals surface area contributed by atoms with Gasteiger partial charge in [-0.15, -0.1) is 0 Å². The Morgan fingerprint density at radius 1 is 1.10 bits per heavy atom. The third kappa shape index (κ3) is 4.60. The highest BCUT2D eigenvalue weighted by Crippen LogP contribution is 2.34. The van der Waals surface area contributed by atoms with Crippen molar-refractivity contribution < 1.29 is 4.74 Å². The zero-order valence-electron chi connectivity index (χ0n) is 13.5. The van der Waals surface area contributed by atoms with Crippen molar-refractivity contribution in [3.63, 3.8) is 0 Å². The van der Waals surface area contributed by atoms with Gasteiger partial charge in [-0.25, -0.2) is 0 Å². The van der Waals surface area contributed by atoms with E-state index in [0.717, 1.165) is 42.9 Å². The van der Waals surface area contributed by atoms with Crippen molar-refractivity contribution in [1.29, 1.82) is 0 Å². The predicted octanol–water partition coefficient (Wildman–Crippen LogP) is 3.00. The molecule has 3 fully saturated rings. The summed E-state index contributed by atoms with van der Waals surface area (Å²) in [6.07, 6.45) is 13.9. The molecule has 2 heterocycles. The molecule has 0 bridgehead atoms. The maximum atomic E-state index is 5.47. The Kier molecular flexibility index (Phi) is 6.28. The van der Waals surface area contributed by atoms with Gasteiger partial charge in [0.25, 0.3) is 0 Å². The third-order valence-electron chi connectivity index (χ3n) is 5.72. The van der Waals surface area contributed by atoms with Gasteiger partial charge in [0.15, 0.2) is 0 Å². The van der Waals surface area contributed by atoms with Gasteiger partial charge in [-0.2, -0.15) is 11.8 Å². The van der Waals surface area contributed by atoms with E-state index >= 15 is 0 Å². The van der Waals surface area contributed by atoms with Crippen LogP contribution >= 0.6 is 11.8 Å². The summed E-state index contributed by atoms with van der Waals surface area (Å²) in [6, 6.07) is 0.763. The van der Waals surface area contributed by atoms with Crippen molar-refractivity contribution in [3.05, 3.63) is 0 Å². The van der Waals surface area contributed by atoms with Crippen molar-refractivity contribution in [2.45, 2.75) is 68.8 Å². The molecule has 0 radical (unpaired) electrons. The Labute approximate surface area is 134 Å². The lowest BCUT2D eigenvalue weighted by Crippen LogP contribution is -2.54. The molecule has 3 rings (SSSR count). The average molecular weight is 313 g/mol. The van der Waals surface area contributed by atoms with Crippen LogP contribution in [0.15, 0.2) is 0 Å². The minimum absolute atomic E-state index is 0.544. The fourth-order valence-corrected chi connectivity index (χ4v) is 5.02. The Morgan fingerprint density at radius 2 is 1.95 bits per heavy atom. The van der Waals surface area contributed by atoms with Crippen LogP contribution in [0.5, 0.6) is 0 Å². The molecule has 0 aromatic rings. The molecule has 3 aliphatic rings. The van der Waals surface area contributed by atoms with Crippen molar-refractivity contribution in [2.75, 3.05) is 26.0 Å². The van der Waals surface area contributed by atoms with Gasteiger partial charge >= 0.3 is 0 Å². The van der Waals surface area contributed by atoms with E-state index < -0.39 is 0 Å². The van der Waals surface area contributed by atoms with Crippen LogP contribution in [0.3, 0.4) is 0 Å². The first-order valence-electron chi connectivity index (χ1n) is 8.95. The van der Waals surface area contributed by atoms with Crippen LogP contribution in [0.2, 0.25) is 0 Å². The molecule has 1 saturated carbocycles. The smallest absolute Gasteiger partial charge is 0.0573 e. The highest BCUT2D eigenvalue weighted by atomic mass is 32.2. The summed E-state index contributed by atoms with van der Waals surface area (Å²) < 4.78 is 5.47. The molecule has 0 amide bonds. The summed E-state index contributed by atoms with van der Waals surface area (Å²) >= 11 is 2.07. The monoisotopic (exact) mass is 312 g/mol. The summed E-state index contributed by atoms with van der Waals surface area (Å²) in [6.45, 7) is 3.05. The molecular formula is C17H32N2OS. The van der Waals surface area contributed by atoms with Crippen molar-refractivity contribution in [2.24, 2.45) is 11.8 Å². The van der Waals surface area contributed by atoms with Gasteiger partial charge < -0.3 is 10.1 Å². The number of ether oxygens (including phenoxy) is 1. The normalized spacial score (nSPS) is 41.3. The van der Waals surface area contributed by atoms with Gasteiger partial charge in [-0.05, 0) is 69.5 Å². The van der Waals surface area contributed by atoms with Crippen LogP contribution in [-0.4, -0.2) is 43.5 Å². The van der Waals surface area contributed by atoms with Crippen molar-refractivity contribution in [1.82, 2.24) is 10.6 Å². The van der Waals surface area contributed by atoms with Crippen LogP contribution in [0.25, 0.3) is 0 Å². The molecule has 2 aliphatic heterocycles. The third-order valence-corrected chi connectivity index (χ3v) is 6.86. The van der Waals surface area contributed by atoms with Gasteiger partial charge in [0.05, 0.1) is 12.8 Å². The van der Waals surface area contributed by atoms with E-state index in [0.29, 0.717) is 6.17 Å². The average Bonchev–Trinajstić information content (AvgIpc) is 3.07. The molecule has 2 N–H and O–H groups in total. The van der Waals surface area contributed by atoms with Crippen LogP contribution in [0, 0.1) is 11.8 Å². The first kappa shape index (κ1) is 16.1. The first-order chi connectivity index (χ1) is 10.3. The molecule has 3 unspecified atom stereocenters. The van der Waals surface area contributed by atoms with Crippen LogP contribution in [-0.2, 0) is 4.74 Å². The Hall–Kier alpha value is 0.230. The second kappa shape index (κ2) is 8.19. The summed E-state index contributed by atoms with van der Waals surface area (Å²) in [5.74, 6) is 1.66. The molecular weight excluding hydrogens is 280 g/mol. The minimum atomic E-state index is 0.544. The molecule has 4 heteroatoms. The van der Waals surface area contributed by atoms with E-state index in [2.05, 4.69) is 28.7 Å². The Morgan fingerprint density at radius 3 is 2.67 bits per heavy atom. The maximum Gasteiger partial charge on any atom is 0.0573 e. The van der Waals surface area contributed by atoms with E-state index in [9.17, 15) is 0 Å². The van der Waals surface area contributed by atoms with Gasteiger partial charge in [0, 0.05) is 24.4 Å². The molecule has 3 atom stereocenters. The predicted molar refractivity (Wildman–Crippen MR) is 90.8 cm³/mol. The maximum absolute atomic E-state index is 5.47. The largest absolute Gasteiger partial charge is 0.381 e. The highest BCUT2D eigenvalue weighted by molar-refractivity contribution is 7.99. The second-order valence-corrected chi connectivity index (χ2v) is 8.31. The van der Waals surface area contributed by atoms with E-state index in [1.54, 1.807) is 0 Å². The van der Waals surface area contributed by atoms with E-state index in [-0.39, 0.29) is 0 Å². The molecule has 0 spiro atoms. The number of piperidine rings is 1. The molecule has 21 heavy (non-hydrogen) atoms. The van der Waals surface area contributed by atoms with Gasteiger partial charge in [0.2, 0.25) is 0 Å². The number of hydrogen-bond donors (Lipinski definition) is 2.